The highest BCUT2D eigenvalue weighted by molar-refractivity contribution is 5.74. The number of nitrogens with zero attached hydrogens (tertiary/aromatic N) is 2. The van der Waals surface area contributed by atoms with E-state index in [0.29, 0.717) is 39.5 Å². The van der Waals surface area contributed by atoms with Crippen LogP contribution < -0.4 is 0 Å². The summed E-state index contributed by atoms with van der Waals surface area (Å²) >= 11 is 0. The first kappa shape index (κ1) is 16.2. The molecule has 0 saturated carbocycles. The van der Waals surface area contributed by atoms with Gasteiger partial charge in [-0.2, -0.15) is 0 Å². The van der Waals surface area contributed by atoms with Crippen LogP contribution in [0.2, 0.25) is 0 Å². The second-order valence-corrected chi connectivity index (χ2v) is 4.71. The van der Waals surface area contributed by atoms with E-state index in [1.165, 1.54) is 6.42 Å². The van der Waals surface area contributed by atoms with Gasteiger partial charge in [0, 0.05) is 39.4 Å². The third-order valence-corrected chi connectivity index (χ3v) is 3.32. The van der Waals surface area contributed by atoms with Gasteiger partial charge in [0.2, 0.25) is 0 Å². The predicted octanol–water partition coefficient (Wildman–Crippen LogP) is 1.97. The molecule has 19 heavy (non-hydrogen) atoms. The molecule has 0 aliphatic carbocycles. The molecule has 1 heterocycles. The van der Waals surface area contributed by atoms with Crippen molar-refractivity contribution in [1.82, 2.24) is 9.80 Å². The summed E-state index contributed by atoms with van der Waals surface area (Å²) in [5.41, 5.74) is 0. The molecule has 1 fully saturated rings. The van der Waals surface area contributed by atoms with Crippen LogP contribution in [0.5, 0.6) is 0 Å². The lowest BCUT2D eigenvalue weighted by Gasteiger charge is -2.33. The topological polar surface area (TPSA) is 42.0 Å². The fraction of sp³-hybridized carbons (Fsp3) is 0.929. The number of piperidine rings is 1. The minimum absolute atomic E-state index is 0.138. The van der Waals surface area contributed by atoms with Gasteiger partial charge >= 0.3 is 6.03 Å². The molecule has 0 aromatic heterocycles. The van der Waals surface area contributed by atoms with Crippen molar-refractivity contribution >= 4 is 6.03 Å². The second kappa shape index (κ2) is 10.0. The van der Waals surface area contributed by atoms with Crippen molar-refractivity contribution in [3.8, 4) is 0 Å². The summed E-state index contributed by atoms with van der Waals surface area (Å²) in [6.07, 6.45) is 3.48. The second-order valence-electron chi connectivity index (χ2n) is 4.71. The average molecular weight is 272 g/mol. The van der Waals surface area contributed by atoms with Crippen LogP contribution in [-0.2, 0) is 9.47 Å². The first-order valence-corrected chi connectivity index (χ1v) is 7.49. The van der Waals surface area contributed by atoms with E-state index in [-0.39, 0.29) is 6.03 Å². The molecule has 1 aliphatic heterocycles. The maximum atomic E-state index is 12.4. The van der Waals surface area contributed by atoms with Gasteiger partial charge in [-0.05, 0) is 33.1 Å². The van der Waals surface area contributed by atoms with Crippen molar-refractivity contribution in [2.24, 2.45) is 0 Å². The molecule has 5 nitrogen and oxygen atoms in total. The number of urea groups is 1. The molecule has 2 amide bonds. The zero-order valence-electron chi connectivity index (χ0n) is 12.4. The standard InChI is InChI=1S/C14H28N2O3/c1-3-18-12-10-16(11-13-19-4-2)14(17)15-8-6-5-7-9-15/h3-13H2,1-2H3. The van der Waals surface area contributed by atoms with Gasteiger partial charge in [0.25, 0.3) is 0 Å². The molecule has 0 unspecified atom stereocenters. The van der Waals surface area contributed by atoms with Crippen LogP contribution in [0.15, 0.2) is 0 Å². The van der Waals surface area contributed by atoms with E-state index in [1.54, 1.807) is 0 Å². The third-order valence-electron chi connectivity index (χ3n) is 3.32. The largest absolute Gasteiger partial charge is 0.380 e. The quantitative estimate of drug-likeness (QED) is 0.634. The minimum atomic E-state index is 0.138. The summed E-state index contributed by atoms with van der Waals surface area (Å²) in [6, 6.07) is 0.138. The monoisotopic (exact) mass is 272 g/mol. The van der Waals surface area contributed by atoms with Gasteiger partial charge in [0.1, 0.15) is 0 Å². The van der Waals surface area contributed by atoms with Crippen LogP contribution in [0, 0.1) is 0 Å². The van der Waals surface area contributed by atoms with Crippen LogP contribution >= 0.6 is 0 Å². The molecule has 1 rings (SSSR count). The van der Waals surface area contributed by atoms with Crippen molar-refractivity contribution in [2.45, 2.75) is 33.1 Å². The lowest BCUT2D eigenvalue weighted by molar-refractivity contribution is 0.0786. The van der Waals surface area contributed by atoms with Gasteiger partial charge in [-0.15, -0.1) is 0 Å². The highest BCUT2D eigenvalue weighted by atomic mass is 16.5. The molecular formula is C14H28N2O3. The van der Waals surface area contributed by atoms with E-state index in [9.17, 15) is 4.79 Å². The number of likely N-dealkylation sites (tertiary alicyclic amines) is 1. The van der Waals surface area contributed by atoms with E-state index >= 15 is 0 Å². The Labute approximate surface area is 116 Å². The summed E-state index contributed by atoms with van der Waals surface area (Å²) in [6.45, 7) is 9.59. The molecule has 112 valence electrons. The lowest BCUT2D eigenvalue weighted by atomic mass is 10.1. The molecule has 0 radical (unpaired) electrons. The number of carbonyl (C=O) groups excluding carboxylic acids is 1. The van der Waals surface area contributed by atoms with Gasteiger partial charge in [-0.25, -0.2) is 4.79 Å². The molecule has 0 bridgehead atoms. The minimum Gasteiger partial charge on any atom is -0.380 e. The van der Waals surface area contributed by atoms with Gasteiger partial charge in [-0.1, -0.05) is 0 Å². The molecular weight excluding hydrogens is 244 g/mol. The number of hydrogen-bond acceptors (Lipinski definition) is 3. The van der Waals surface area contributed by atoms with Crippen LogP contribution in [0.1, 0.15) is 33.1 Å². The van der Waals surface area contributed by atoms with E-state index in [0.717, 1.165) is 25.9 Å². The summed E-state index contributed by atoms with van der Waals surface area (Å²) in [7, 11) is 0. The average Bonchev–Trinajstić information content (AvgIpc) is 2.46. The number of rotatable bonds is 8. The van der Waals surface area contributed by atoms with E-state index in [4.69, 9.17) is 9.47 Å². The van der Waals surface area contributed by atoms with Crippen LogP contribution in [0.4, 0.5) is 4.79 Å². The van der Waals surface area contributed by atoms with Crippen molar-refractivity contribution in [1.29, 1.82) is 0 Å². The van der Waals surface area contributed by atoms with Crippen molar-refractivity contribution in [3.63, 3.8) is 0 Å². The summed E-state index contributed by atoms with van der Waals surface area (Å²) in [4.78, 5) is 16.2. The summed E-state index contributed by atoms with van der Waals surface area (Å²) < 4.78 is 10.7. The first-order chi connectivity index (χ1) is 9.29. The number of carbonyl (C=O) groups is 1. The van der Waals surface area contributed by atoms with Crippen molar-refractivity contribution in [2.75, 3.05) is 52.6 Å². The van der Waals surface area contributed by atoms with Crippen molar-refractivity contribution in [3.05, 3.63) is 0 Å². The van der Waals surface area contributed by atoms with Crippen LogP contribution in [0.25, 0.3) is 0 Å². The lowest BCUT2D eigenvalue weighted by Crippen LogP contribution is -2.47. The summed E-state index contributed by atoms with van der Waals surface area (Å²) in [5.74, 6) is 0. The highest BCUT2D eigenvalue weighted by Gasteiger charge is 2.22. The van der Waals surface area contributed by atoms with Crippen molar-refractivity contribution < 1.29 is 14.3 Å². The maximum Gasteiger partial charge on any atom is 0.320 e. The molecule has 0 aromatic rings. The van der Waals surface area contributed by atoms with E-state index in [1.807, 2.05) is 23.6 Å². The van der Waals surface area contributed by atoms with Gasteiger partial charge < -0.3 is 19.3 Å². The Hall–Kier alpha value is -0.810. The smallest absolute Gasteiger partial charge is 0.320 e. The fourth-order valence-electron chi connectivity index (χ4n) is 2.23. The molecule has 0 atom stereocenters. The normalized spacial score (nSPS) is 15.6. The first-order valence-electron chi connectivity index (χ1n) is 7.49. The van der Waals surface area contributed by atoms with Crippen LogP contribution in [-0.4, -0.2) is 68.4 Å². The van der Waals surface area contributed by atoms with Gasteiger partial charge in [0.15, 0.2) is 0 Å². The predicted molar refractivity (Wildman–Crippen MR) is 75.4 cm³/mol. The Kier molecular flexibility index (Phi) is 8.58. The van der Waals surface area contributed by atoms with Crippen LogP contribution in [0.3, 0.4) is 0 Å². The molecule has 0 N–H and O–H groups in total. The Morgan fingerprint density at radius 2 is 1.53 bits per heavy atom. The Morgan fingerprint density at radius 3 is 2.00 bits per heavy atom. The maximum absolute atomic E-state index is 12.4. The van der Waals surface area contributed by atoms with Gasteiger partial charge in [-0.3, -0.25) is 0 Å². The van der Waals surface area contributed by atoms with Gasteiger partial charge in [0.05, 0.1) is 13.2 Å². The molecule has 1 aliphatic rings. The molecule has 0 spiro atoms. The third kappa shape index (κ3) is 6.25. The number of amides is 2. The number of ether oxygens (including phenoxy) is 2. The highest BCUT2D eigenvalue weighted by Crippen LogP contribution is 2.11. The SMILES string of the molecule is CCOCCN(CCOCC)C(=O)N1CCCCC1. The molecule has 5 heteroatoms. The zero-order valence-corrected chi connectivity index (χ0v) is 12.4. The molecule has 1 saturated heterocycles. The molecule has 0 aromatic carbocycles. The summed E-state index contributed by atoms with van der Waals surface area (Å²) in [5, 5.41) is 0. The fourth-order valence-corrected chi connectivity index (χ4v) is 2.23. The Morgan fingerprint density at radius 1 is 1.00 bits per heavy atom. The Bertz CT molecular complexity index is 233. The number of hydrogen-bond donors (Lipinski definition) is 0. The van der Waals surface area contributed by atoms with E-state index in [2.05, 4.69) is 0 Å². The zero-order chi connectivity index (χ0) is 13.9. The Balaban J connectivity index is 2.41. The van der Waals surface area contributed by atoms with E-state index < -0.39 is 0 Å².